The van der Waals surface area contributed by atoms with Gasteiger partial charge in [0.05, 0.1) is 16.8 Å². The molecule has 26 heavy (non-hydrogen) atoms. The number of thioether (sulfide) groups is 1. The molecule has 0 amide bonds. The Bertz CT molecular complexity index is 814. The number of ether oxygens (including phenoxy) is 1. The molecule has 0 saturated heterocycles. The number of rotatable bonds is 7. The number of nitrogens with zero attached hydrogens (tertiary/aromatic N) is 2. The number of aromatic nitrogens is 1. The van der Waals surface area contributed by atoms with Gasteiger partial charge >= 0.3 is 6.18 Å². The summed E-state index contributed by atoms with van der Waals surface area (Å²) in [5, 5.41) is 9.21. The second-order valence-corrected chi connectivity index (χ2v) is 6.19. The lowest BCUT2D eigenvalue weighted by Crippen LogP contribution is -2.11. The largest absolute Gasteiger partial charge is 0.490 e. The van der Waals surface area contributed by atoms with Gasteiger partial charge in [-0.05, 0) is 30.3 Å². The summed E-state index contributed by atoms with van der Waals surface area (Å²) in [5.41, 5.74) is 4.56. The van der Waals surface area contributed by atoms with E-state index in [1.165, 1.54) is 0 Å². The predicted octanol–water partition coefficient (Wildman–Crippen LogP) is 4.25. The van der Waals surface area contributed by atoms with Crippen LogP contribution in [0.2, 0.25) is 0 Å². The van der Waals surface area contributed by atoms with Gasteiger partial charge in [-0.3, -0.25) is 0 Å². The second-order valence-electron chi connectivity index (χ2n) is 5.11. The van der Waals surface area contributed by atoms with Crippen molar-refractivity contribution in [3.8, 4) is 23.1 Å². The van der Waals surface area contributed by atoms with Crippen molar-refractivity contribution in [2.75, 3.05) is 18.9 Å². The smallest absolute Gasteiger partial charge is 0.417 e. The summed E-state index contributed by atoms with van der Waals surface area (Å²) in [6, 6.07) is 9.02. The number of pyridine rings is 1. The van der Waals surface area contributed by atoms with Crippen LogP contribution < -0.4 is 10.5 Å². The molecule has 2 aromatic rings. The topological polar surface area (TPSA) is 71.9 Å². The first-order valence-electron chi connectivity index (χ1n) is 7.60. The fourth-order valence-electron chi connectivity index (χ4n) is 2.14. The molecule has 0 bridgehead atoms. The number of nitriles is 1. The maximum atomic E-state index is 13.4. The minimum atomic E-state index is -4.66. The predicted molar refractivity (Wildman–Crippen MR) is 94.9 cm³/mol. The lowest BCUT2D eigenvalue weighted by molar-refractivity contribution is -0.138. The molecule has 0 radical (unpaired) electrons. The summed E-state index contributed by atoms with van der Waals surface area (Å²) in [4.78, 5) is 4.25. The van der Waals surface area contributed by atoms with Crippen molar-refractivity contribution in [2.45, 2.75) is 11.2 Å². The molecule has 1 heterocycles. The van der Waals surface area contributed by atoms with Crippen LogP contribution in [-0.2, 0) is 6.18 Å². The van der Waals surface area contributed by atoms with Crippen LogP contribution in [0.25, 0.3) is 11.3 Å². The van der Waals surface area contributed by atoms with Crippen molar-refractivity contribution >= 4 is 11.8 Å². The van der Waals surface area contributed by atoms with Gasteiger partial charge in [0.25, 0.3) is 0 Å². The summed E-state index contributed by atoms with van der Waals surface area (Å²) >= 11 is 1.03. The van der Waals surface area contributed by atoms with Crippen molar-refractivity contribution < 1.29 is 17.9 Å². The zero-order valence-electron chi connectivity index (χ0n) is 13.7. The van der Waals surface area contributed by atoms with E-state index in [1.807, 2.05) is 0 Å². The molecule has 8 heteroatoms. The molecule has 0 fully saturated rings. The average Bonchev–Trinajstić information content (AvgIpc) is 2.63. The van der Waals surface area contributed by atoms with E-state index in [0.717, 1.165) is 17.8 Å². The van der Waals surface area contributed by atoms with Crippen molar-refractivity contribution in [3.63, 3.8) is 0 Å². The van der Waals surface area contributed by atoms with Crippen LogP contribution in [0.3, 0.4) is 0 Å². The van der Waals surface area contributed by atoms with Crippen molar-refractivity contribution in [3.05, 3.63) is 54.1 Å². The van der Waals surface area contributed by atoms with E-state index in [0.29, 0.717) is 23.7 Å². The number of halogens is 3. The Hall–Kier alpha value is -2.50. The maximum Gasteiger partial charge on any atom is 0.417 e. The third kappa shape index (κ3) is 4.77. The van der Waals surface area contributed by atoms with Gasteiger partial charge in [-0.1, -0.05) is 12.7 Å². The molecular formula is C18H16F3N3OS. The lowest BCUT2D eigenvalue weighted by Gasteiger charge is -2.14. The summed E-state index contributed by atoms with van der Waals surface area (Å²) < 4.78 is 45.5. The van der Waals surface area contributed by atoms with Crippen molar-refractivity contribution in [1.29, 1.82) is 5.26 Å². The number of alkyl halides is 3. The van der Waals surface area contributed by atoms with Gasteiger partial charge in [0.1, 0.15) is 23.5 Å². The van der Waals surface area contributed by atoms with Gasteiger partial charge in [-0.2, -0.15) is 18.4 Å². The standard InChI is InChI=1S/C18H16F3N3OS/c1-2-8-25-13-5-3-12(4-6-13)16-10-15(18(19,20)21)14(11-23)17(24-16)26-9-7-22/h2-6,10H,1,7-9,22H2. The Morgan fingerprint density at radius 3 is 2.54 bits per heavy atom. The number of nitrogens with two attached hydrogens (primary N) is 1. The van der Waals surface area contributed by atoms with Crippen LogP contribution >= 0.6 is 11.8 Å². The van der Waals surface area contributed by atoms with Gasteiger partial charge in [-0.15, -0.1) is 11.8 Å². The highest BCUT2D eigenvalue weighted by molar-refractivity contribution is 7.99. The Balaban J connectivity index is 2.51. The van der Waals surface area contributed by atoms with Crippen LogP contribution in [0.4, 0.5) is 13.2 Å². The SMILES string of the molecule is C=CCOc1ccc(-c2cc(C(F)(F)F)c(C#N)c(SCCN)n2)cc1. The molecule has 1 aromatic carbocycles. The van der Waals surface area contributed by atoms with Gasteiger partial charge in [0.2, 0.25) is 0 Å². The molecular weight excluding hydrogens is 363 g/mol. The normalized spacial score (nSPS) is 11.0. The minimum Gasteiger partial charge on any atom is -0.490 e. The molecule has 2 rings (SSSR count). The zero-order valence-corrected chi connectivity index (χ0v) is 14.5. The van der Waals surface area contributed by atoms with E-state index in [4.69, 9.17) is 10.5 Å². The van der Waals surface area contributed by atoms with Crippen molar-refractivity contribution in [1.82, 2.24) is 4.98 Å². The molecule has 0 unspecified atom stereocenters. The van der Waals surface area contributed by atoms with Crippen molar-refractivity contribution in [2.24, 2.45) is 5.73 Å². The average molecular weight is 379 g/mol. The lowest BCUT2D eigenvalue weighted by atomic mass is 10.1. The second kappa shape index (κ2) is 8.74. The Morgan fingerprint density at radius 2 is 2.00 bits per heavy atom. The molecule has 0 spiro atoms. The molecule has 0 atom stereocenters. The van der Waals surface area contributed by atoms with Crippen LogP contribution in [0.15, 0.2) is 48.0 Å². The first-order chi connectivity index (χ1) is 12.4. The van der Waals surface area contributed by atoms with Crippen LogP contribution in [0.1, 0.15) is 11.1 Å². The van der Waals surface area contributed by atoms with E-state index in [2.05, 4.69) is 11.6 Å². The van der Waals surface area contributed by atoms with Crippen LogP contribution in [-0.4, -0.2) is 23.9 Å². The van der Waals surface area contributed by atoms with E-state index in [-0.39, 0.29) is 17.3 Å². The highest BCUT2D eigenvalue weighted by Gasteiger charge is 2.36. The van der Waals surface area contributed by atoms with Gasteiger partial charge in [0, 0.05) is 17.9 Å². The zero-order chi connectivity index (χ0) is 19.2. The van der Waals surface area contributed by atoms with E-state index < -0.39 is 17.3 Å². The third-order valence-corrected chi connectivity index (χ3v) is 4.29. The van der Waals surface area contributed by atoms with Gasteiger partial charge in [0.15, 0.2) is 0 Å². The van der Waals surface area contributed by atoms with Gasteiger partial charge in [-0.25, -0.2) is 4.98 Å². The molecule has 136 valence electrons. The molecule has 1 aromatic heterocycles. The molecule has 0 aliphatic carbocycles. The third-order valence-electron chi connectivity index (χ3n) is 3.28. The van der Waals surface area contributed by atoms with Crippen LogP contribution in [0.5, 0.6) is 5.75 Å². The first kappa shape index (κ1) is 19.8. The molecule has 0 saturated carbocycles. The summed E-state index contributed by atoms with van der Waals surface area (Å²) in [5.74, 6) is 0.924. The van der Waals surface area contributed by atoms with E-state index in [1.54, 1.807) is 36.4 Å². The fraction of sp³-hybridized carbons (Fsp3) is 0.222. The number of hydrogen-bond acceptors (Lipinski definition) is 5. The summed E-state index contributed by atoms with van der Waals surface area (Å²) in [6.45, 7) is 4.13. The fourth-order valence-corrected chi connectivity index (χ4v) is 2.91. The summed E-state index contributed by atoms with van der Waals surface area (Å²) in [7, 11) is 0. The quantitative estimate of drug-likeness (QED) is 0.575. The Morgan fingerprint density at radius 1 is 1.31 bits per heavy atom. The first-order valence-corrected chi connectivity index (χ1v) is 8.58. The maximum absolute atomic E-state index is 13.4. The Kier molecular flexibility index (Phi) is 6.66. The molecule has 0 aliphatic heterocycles. The van der Waals surface area contributed by atoms with Crippen LogP contribution in [0, 0.1) is 11.3 Å². The summed E-state index contributed by atoms with van der Waals surface area (Å²) in [6.07, 6.45) is -3.07. The number of benzene rings is 1. The Labute approximate surface area is 153 Å². The highest BCUT2D eigenvalue weighted by Crippen LogP contribution is 2.38. The molecule has 0 aliphatic rings. The monoisotopic (exact) mass is 379 g/mol. The minimum absolute atomic E-state index is 0.0229. The highest BCUT2D eigenvalue weighted by atomic mass is 32.2. The molecule has 4 nitrogen and oxygen atoms in total. The number of hydrogen-bond donors (Lipinski definition) is 1. The van der Waals surface area contributed by atoms with E-state index >= 15 is 0 Å². The molecule has 2 N–H and O–H groups in total. The van der Waals surface area contributed by atoms with Gasteiger partial charge < -0.3 is 10.5 Å². The van der Waals surface area contributed by atoms with E-state index in [9.17, 15) is 18.4 Å².